The van der Waals surface area contributed by atoms with Gasteiger partial charge in [-0.25, -0.2) is 14.4 Å². The van der Waals surface area contributed by atoms with E-state index in [1.165, 1.54) is 18.5 Å². The van der Waals surface area contributed by atoms with Crippen molar-refractivity contribution in [3.05, 3.63) is 40.9 Å². The number of rotatable bonds is 4. The molecule has 1 heterocycles. The van der Waals surface area contributed by atoms with Crippen LogP contribution >= 0.6 is 15.9 Å². The molecule has 0 aliphatic rings. The van der Waals surface area contributed by atoms with Gasteiger partial charge in [0, 0.05) is 18.7 Å². The summed E-state index contributed by atoms with van der Waals surface area (Å²) in [7, 11) is 0. The maximum Gasteiger partial charge on any atom is 0.224 e. The zero-order valence-electron chi connectivity index (χ0n) is 9.65. The minimum Gasteiger partial charge on any atom is -0.438 e. The van der Waals surface area contributed by atoms with Crippen molar-refractivity contribution in [2.45, 2.75) is 6.92 Å². The van der Waals surface area contributed by atoms with Gasteiger partial charge in [0.05, 0.1) is 4.47 Å². The van der Waals surface area contributed by atoms with Crippen LogP contribution in [0.5, 0.6) is 11.6 Å². The highest BCUT2D eigenvalue weighted by Crippen LogP contribution is 2.29. The molecule has 0 fully saturated rings. The average molecular weight is 312 g/mol. The van der Waals surface area contributed by atoms with Gasteiger partial charge in [0.1, 0.15) is 23.7 Å². The Morgan fingerprint density at radius 2 is 2.17 bits per heavy atom. The summed E-state index contributed by atoms with van der Waals surface area (Å²) in [6, 6.07) is 5.87. The molecule has 0 bridgehead atoms. The fourth-order valence-electron chi connectivity index (χ4n) is 1.34. The highest BCUT2D eigenvalue weighted by molar-refractivity contribution is 9.10. The lowest BCUT2D eigenvalue weighted by Crippen LogP contribution is -2.00. The molecule has 1 aromatic heterocycles. The smallest absolute Gasteiger partial charge is 0.224 e. The number of anilines is 1. The van der Waals surface area contributed by atoms with Crippen molar-refractivity contribution in [3.63, 3.8) is 0 Å². The van der Waals surface area contributed by atoms with Crippen molar-refractivity contribution >= 4 is 21.7 Å². The predicted octanol–water partition coefficient (Wildman–Crippen LogP) is 3.60. The van der Waals surface area contributed by atoms with Gasteiger partial charge in [-0.15, -0.1) is 0 Å². The largest absolute Gasteiger partial charge is 0.438 e. The van der Waals surface area contributed by atoms with Crippen molar-refractivity contribution in [3.8, 4) is 11.6 Å². The number of hydrogen-bond donors (Lipinski definition) is 1. The summed E-state index contributed by atoms with van der Waals surface area (Å²) in [5.41, 5.74) is 0. The summed E-state index contributed by atoms with van der Waals surface area (Å²) >= 11 is 3.29. The molecule has 0 saturated carbocycles. The van der Waals surface area contributed by atoms with Crippen LogP contribution in [0.1, 0.15) is 6.92 Å². The van der Waals surface area contributed by atoms with E-state index >= 15 is 0 Å². The number of benzene rings is 1. The Labute approximate surface area is 112 Å². The van der Waals surface area contributed by atoms with Gasteiger partial charge < -0.3 is 10.1 Å². The SMILES string of the molecule is CCNc1cc(Oc2cc(F)ccc2Br)ncn1. The summed E-state index contributed by atoms with van der Waals surface area (Å²) < 4.78 is 19.3. The van der Waals surface area contributed by atoms with Crippen molar-refractivity contribution < 1.29 is 9.13 Å². The third-order valence-electron chi connectivity index (χ3n) is 2.11. The van der Waals surface area contributed by atoms with E-state index in [0.29, 0.717) is 21.9 Å². The van der Waals surface area contributed by atoms with Crippen LogP contribution in [0, 0.1) is 5.82 Å². The highest BCUT2D eigenvalue weighted by atomic mass is 79.9. The molecule has 6 heteroatoms. The van der Waals surface area contributed by atoms with Gasteiger partial charge >= 0.3 is 0 Å². The van der Waals surface area contributed by atoms with Gasteiger partial charge in [-0.1, -0.05) is 0 Å². The van der Waals surface area contributed by atoms with Crippen molar-refractivity contribution in [1.82, 2.24) is 9.97 Å². The second-order valence-corrected chi connectivity index (χ2v) is 4.30. The molecule has 0 unspecified atom stereocenters. The van der Waals surface area contributed by atoms with Gasteiger partial charge in [0.25, 0.3) is 0 Å². The number of nitrogens with one attached hydrogen (secondary N) is 1. The quantitative estimate of drug-likeness (QED) is 0.937. The fourth-order valence-corrected chi connectivity index (χ4v) is 1.67. The standard InChI is InChI=1S/C12H11BrFN3O/c1-2-15-11-6-12(17-7-16-11)18-10-5-8(14)3-4-9(10)13/h3-7H,2H2,1H3,(H,15,16,17). The Hall–Kier alpha value is -1.69. The molecule has 0 saturated heterocycles. The van der Waals surface area contributed by atoms with Crippen molar-refractivity contribution in [2.75, 3.05) is 11.9 Å². The van der Waals surface area contributed by atoms with Crippen LogP contribution in [0.4, 0.5) is 10.2 Å². The molecule has 2 rings (SSSR count). The highest BCUT2D eigenvalue weighted by Gasteiger charge is 2.06. The summed E-state index contributed by atoms with van der Waals surface area (Å²) in [5, 5.41) is 3.04. The molecule has 18 heavy (non-hydrogen) atoms. The lowest BCUT2D eigenvalue weighted by atomic mass is 10.3. The van der Waals surface area contributed by atoms with E-state index in [1.54, 1.807) is 12.1 Å². The van der Waals surface area contributed by atoms with E-state index in [9.17, 15) is 4.39 Å². The Morgan fingerprint density at radius 1 is 1.33 bits per heavy atom. The van der Waals surface area contributed by atoms with E-state index in [-0.39, 0.29) is 5.82 Å². The first-order valence-corrected chi connectivity index (χ1v) is 6.17. The van der Waals surface area contributed by atoms with Crippen molar-refractivity contribution in [1.29, 1.82) is 0 Å². The van der Waals surface area contributed by atoms with Gasteiger partial charge in [0.2, 0.25) is 5.88 Å². The van der Waals surface area contributed by atoms with Crippen LogP contribution in [-0.4, -0.2) is 16.5 Å². The maximum atomic E-state index is 13.1. The number of aromatic nitrogens is 2. The molecule has 4 nitrogen and oxygen atoms in total. The molecule has 0 aliphatic heterocycles. The number of halogens is 2. The second kappa shape index (κ2) is 5.77. The molecule has 0 spiro atoms. The molecule has 0 amide bonds. The van der Waals surface area contributed by atoms with Crippen LogP contribution in [-0.2, 0) is 0 Å². The third kappa shape index (κ3) is 3.16. The molecule has 1 aromatic carbocycles. The molecule has 0 radical (unpaired) electrons. The first-order valence-electron chi connectivity index (χ1n) is 5.38. The Bertz CT molecular complexity index is 551. The molecule has 0 atom stereocenters. The molecule has 1 N–H and O–H groups in total. The summed E-state index contributed by atoms with van der Waals surface area (Å²) in [4.78, 5) is 7.99. The van der Waals surface area contributed by atoms with Crippen LogP contribution in [0.25, 0.3) is 0 Å². The minimum atomic E-state index is -0.367. The zero-order chi connectivity index (χ0) is 13.0. The van der Waals surface area contributed by atoms with E-state index < -0.39 is 0 Å². The first kappa shape index (κ1) is 12.8. The number of hydrogen-bond acceptors (Lipinski definition) is 4. The van der Waals surface area contributed by atoms with Crippen LogP contribution in [0.3, 0.4) is 0 Å². The van der Waals surface area contributed by atoms with Crippen LogP contribution in [0.2, 0.25) is 0 Å². The topological polar surface area (TPSA) is 47.0 Å². The molecule has 2 aromatic rings. The minimum absolute atomic E-state index is 0.354. The van der Waals surface area contributed by atoms with Crippen LogP contribution < -0.4 is 10.1 Å². The molecular weight excluding hydrogens is 301 g/mol. The summed E-state index contributed by atoms with van der Waals surface area (Å²) in [5.74, 6) is 1.02. The van der Waals surface area contributed by atoms with Gasteiger partial charge in [-0.05, 0) is 35.0 Å². The molecule has 0 aliphatic carbocycles. The normalized spacial score (nSPS) is 10.2. The lowest BCUT2D eigenvalue weighted by Gasteiger charge is -2.08. The van der Waals surface area contributed by atoms with Crippen molar-refractivity contribution in [2.24, 2.45) is 0 Å². The lowest BCUT2D eigenvalue weighted by molar-refractivity contribution is 0.454. The molecular formula is C12H11BrFN3O. The Morgan fingerprint density at radius 3 is 2.94 bits per heavy atom. The number of ether oxygens (including phenoxy) is 1. The van der Waals surface area contributed by atoms with E-state index in [4.69, 9.17) is 4.74 Å². The van der Waals surface area contributed by atoms with E-state index in [0.717, 1.165) is 6.54 Å². The Balaban J connectivity index is 2.22. The van der Waals surface area contributed by atoms with Gasteiger partial charge in [0.15, 0.2) is 0 Å². The van der Waals surface area contributed by atoms with E-state index in [1.807, 2.05) is 6.92 Å². The molecule has 94 valence electrons. The van der Waals surface area contributed by atoms with Gasteiger partial charge in [-0.2, -0.15) is 0 Å². The third-order valence-corrected chi connectivity index (χ3v) is 2.76. The average Bonchev–Trinajstić information content (AvgIpc) is 2.35. The summed E-state index contributed by atoms with van der Waals surface area (Å²) in [6.45, 7) is 2.71. The predicted molar refractivity (Wildman–Crippen MR) is 70.4 cm³/mol. The fraction of sp³-hybridized carbons (Fsp3) is 0.167. The first-order chi connectivity index (χ1) is 8.69. The maximum absolute atomic E-state index is 13.1. The monoisotopic (exact) mass is 311 g/mol. The van der Waals surface area contributed by atoms with Gasteiger partial charge in [-0.3, -0.25) is 0 Å². The van der Waals surface area contributed by atoms with Crippen LogP contribution in [0.15, 0.2) is 35.1 Å². The zero-order valence-corrected chi connectivity index (χ0v) is 11.2. The number of nitrogens with zero attached hydrogens (tertiary/aromatic N) is 2. The van der Waals surface area contributed by atoms with E-state index in [2.05, 4.69) is 31.2 Å². The second-order valence-electron chi connectivity index (χ2n) is 3.45. The Kier molecular flexibility index (Phi) is 4.09. The summed E-state index contributed by atoms with van der Waals surface area (Å²) in [6.07, 6.45) is 1.39.